The molecule has 0 atom stereocenters. The summed E-state index contributed by atoms with van der Waals surface area (Å²) < 4.78 is 16.7. The van der Waals surface area contributed by atoms with Gasteiger partial charge in [-0.15, -0.1) is 0 Å². The Morgan fingerprint density at radius 1 is 1.00 bits per heavy atom. The molecule has 0 bridgehead atoms. The largest absolute Gasteiger partial charge is 1.00 e. The van der Waals surface area contributed by atoms with Gasteiger partial charge in [-0.05, 0) is 0 Å². The molecule has 0 aromatic carbocycles. The van der Waals surface area contributed by atoms with Crippen LogP contribution in [0, 0.1) is 0 Å². The Hall–Kier alpha value is 0.610. The fraction of sp³-hybridized carbons (Fsp3) is 0. The molecule has 0 saturated carbocycles. The molecule has 0 heterocycles. The molecule has 0 aromatic heterocycles. The van der Waals surface area contributed by atoms with Gasteiger partial charge in [0, 0.05) is 0 Å². The van der Waals surface area contributed by atoms with Crippen molar-refractivity contribution in [2.45, 2.75) is 0 Å². The predicted octanol–water partition coefficient (Wildman–Crippen LogP) is -5.37. The van der Waals surface area contributed by atoms with Crippen LogP contribution in [0.3, 0.4) is 0 Å². The molecular formula is Cl2O2P-. The van der Waals surface area contributed by atoms with Gasteiger partial charge in [0.25, 0.3) is 0 Å². The summed E-state index contributed by atoms with van der Waals surface area (Å²) in [6, 6.07) is 0. The summed E-state index contributed by atoms with van der Waals surface area (Å²) in [6.45, 7) is 0. The average Bonchev–Trinajstić information content (AvgIpc) is 0.918. The summed E-state index contributed by atoms with van der Waals surface area (Å²) in [7, 11) is -1.08. The van der Waals surface area contributed by atoms with Gasteiger partial charge in [0.1, 0.15) is 0 Å². The third kappa shape index (κ3) is 84.4. The van der Waals surface area contributed by atoms with Crippen LogP contribution in [0.15, 0.2) is 0 Å². The fourth-order valence-electron chi connectivity index (χ4n) is 0. The quantitative estimate of drug-likeness (QED) is 0.310. The predicted molar refractivity (Wildman–Crippen MR) is 8.29 cm³/mol. The van der Waals surface area contributed by atoms with Gasteiger partial charge in [0.2, 0.25) is 0 Å². The second-order valence-corrected chi connectivity index (χ2v) is 0.224. The van der Waals surface area contributed by atoms with Crippen LogP contribution in [-0.4, -0.2) is 0 Å². The van der Waals surface area contributed by atoms with Crippen LogP contribution in [0.4, 0.5) is 0 Å². The molecule has 0 aliphatic carbocycles. The van der Waals surface area contributed by atoms with E-state index in [0.29, 0.717) is 0 Å². The van der Waals surface area contributed by atoms with E-state index in [-0.39, 0.29) is 24.8 Å². The minimum atomic E-state index is -1.08. The molecule has 0 N–H and O–H groups in total. The van der Waals surface area contributed by atoms with Crippen molar-refractivity contribution in [3.05, 3.63) is 0 Å². The maximum Gasteiger partial charge on any atom is -1.00 e. The summed E-state index contributed by atoms with van der Waals surface area (Å²) in [6.07, 6.45) is 0. The van der Waals surface area contributed by atoms with Crippen LogP contribution in [0.2, 0.25) is 0 Å². The van der Waals surface area contributed by atoms with Crippen molar-refractivity contribution >= 4 is 8.34 Å². The maximum atomic E-state index is 8.35. The number of rotatable bonds is 0. The van der Waals surface area contributed by atoms with E-state index < -0.39 is 8.34 Å². The third-order valence-electron chi connectivity index (χ3n) is 0. The minimum Gasteiger partial charge on any atom is -1.00 e. The van der Waals surface area contributed by atoms with E-state index >= 15 is 0 Å². The number of halogens is 2. The van der Waals surface area contributed by atoms with Crippen molar-refractivity contribution in [2.75, 3.05) is 0 Å². The van der Waals surface area contributed by atoms with E-state index in [1.807, 2.05) is 0 Å². The van der Waals surface area contributed by atoms with Gasteiger partial charge in [0.05, 0.1) is 0 Å². The van der Waals surface area contributed by atoms with E-state index in [1.54, 1.807) is 0 Å². The van der Waals surface area contributed by atoms with Gasteiger partial charge in [-0.25, -0.2) is 0 Å². The van der Waals surface area contributed by atoms with E-state index in [0.717, 1.165) is 0 Å². The Bertz CT molecular complexity index is 28.6. The zero-order valence-electron chi connectivity index (χ0n) is 2.02. The standard InChI is InChI=1S/2ClH.O2P/c;;1-3-2/h2*1H;/q;;+1/p-2. The van der Waals surface area contributed by atoms with Gasteiger partial charge in [-0.1, -0.05) is 0 Å². The smallest absolute Gasteiger partial charge is 1.00 e. The Kier molecular flexibility index (Phi) is 81.1. The van der Waals surface area contributed by atoms with Gasteiger partial charge in [0.15, 0.2) is 0 Å². The number of hydrogen-bond donors (Lipinski definition) is 0. The van der Waals surface area contributed by atoms with Crippen molar-refractivity contribution in [2.24, 2.45) is 0 Å². The van der Waals surface area contributed by atoms with Gasteiger partial charge in [-0.2, -0.15) is 0 Å². The minimum absolute atomic E-state index is 0. The molecule has 0 saturated heterocycles. The molecule has 5 heavy (non-hydrogen) atoms. The zero-order valence-corrected chi connectivity index (χ0v) is 4.43. The molecule has 0 unspecified atom stereocenters. The van der Waals surface area contributed by atoms with Crippen LogP contribution in [0.25, 0.3) is 0 Å². The molecule has 0 rings (SSSR count). The van der Waals surface area contributed by atoms with Gasteiger partial charge >= 0.3 is 17.5 Å². The molecule has 0 aliphatic heterocycles. The van der Waals surface area contributed by atoms with Crippen LogP contribution < -0.4 is 24.8 Å². The fourth-order valence-corrected chi connectivity index (χ4v) is 0. The van der Waals surface area contributed by atoms with Crippen LogP contribution in [0.5, 0.6) is 0 Å². The molecule has 0 fully saturated rings. The molecule has 0 spiro atoms. The van der Waals surface area contributed by atoms with Crippen molar-refractivity contribution in [3.8, 4) is 0 Å². The Balaban J connectivity index is -0.0000000200. The topological polar surface area (TPSA) is 34.1 Å². The Morgan fingerprint density at radius 3 is 1.00 bits per heavy atom. The van der Waals surface area contributed by atoms with Crippen LogP contribution in [-0.2, 0) is 9.13 Å². The summed E-state index contributed by atoms with van der Waals surface area (Å²) in [5.41, 5.74) is 0. The first kappa shape index (κ1) is 17.5. The van der Waals surface area contributed by atoms with Gasteiger partial charge < -0.3 is 24.8 Å². The third-order valence-corrected chi connectivity index (χ3v) is 0. The number of hydrogen-bond acceptors (Lipinski definition) is 2. The van der Waals surface area contributed by atoms with E-state index in [4.69, 9.17) is 9.13 Å². The molecule has 0 radical (unpaired) electrons. The zero-order chi connectivity index (χ0) is 2.71. The summed E-state index contributed by atoms with van der Waals surface area (Å²) >= 11 is 0. The molecule has 0 aromatic rings. The summed E-state index contributed by atoms with van der Waals surface area (Å²) in [5.74, 6) is 0. The SMILES string of the molecule is O=[P+]=O.[Cl-].[Cl-]. The first-order valence-electron chi connectivity index (χ1n) is 0.365. The summed E-state index contributed by atoms with van der Waals surface area (Å²) in [4.78, 5) is 0. The van der Waals surface area contributed by atoms with Crippen molar-refractivity contribution in [3.63, 3.8) is 0 Å². The first-order chi connectivity index (χ1) is 1.41. The van der Waals surface area contributed by atoms with E-state index in [9.17, 15) is 0 Å². The first-order valence-corrected chi connectivity index (χ1v) is 1.10. The van der Waals surface area contributed by atoms with Gasteiger partial charge in [-0.3, -0.25) is 0 Å². The van der Waals surface area contributed by atoms with E-state index in [1.165, 1.54) is 0 Å². The van der Waals surface area contributed by atoms with Crippen LogP contribution in [0.1, 0.15) is 0 Å². The molecule has 0 amide bonds. The van der Waals surface area contributed by atoms with Crippen molar-refractivity contribution in [1.29, 1.82) is 0 Å². The Morgan fingerprint density at radius 2 is 1.00 bits per heavy atom. The normalized spacial score (nSPS) is 1.60. The second-order valence-electron chi connectivity index (χ2n) is 0.0745. The van der Waals surface area contributed by atoms with Crippen LogP contribution >= 0.6 is 8.34 Å². The van der Waals surface area contributed by atoms with Crippen molar-refractivity contribution < 1.29 is 33.9 Å². The molecular weight excluding hydrogens is 134 g/mol. The monoisotopic (exact) mass is 133 g/mol. The Labute approximate surface area is 43.0 Å². The summed E-state index contributed by atoms with van der Waals surface area (Å²) in [5, 5.41) is 0. The molecule has 32 valence electrons. The molecule has 2 nitrogen and oxygen atoms in total. The van der Waals surface area contributed by atoms with Crippen molar-refractivity contribution in [1.82, 2.24) is 0 Å². The maximum absolute atomic E-state index is 8.35. The van der Waals surface area contributed by atoms with E-state index in [2.05, 4.69) is 0 Å². The molecule has 5 heteroatoms. The average molecular weight is 134 g/mol. The second kappa shape index (κ2) is 23.2. The molecule has 0 aliphatic rings.